The van der Waals surface area contributed by atoms with Crippen molar-refractivity contribution in [3.05, 3.63) is 60.2 Å². The Bertz CT molecular complexity index is 715. The molecular weight excluding hydrogens is 292 g/mol. The number of hydrogen-bond acceptors (Lipinski definition) is 3. The van der Waals surface area contributed by atoms with E-state index >= 15 is 0 Å². The zero-order valence-corrected chi connectivity index (χ0v) is 12.6. The van der Waals surface area contributed by atoms with E-state index in [-0.39, 0.29) is 29.9 Å². The van der Waals surface area contributed by atoms with Gasteiger partial charge in [0.15, 0.2) is 0 Å². The lowest BCUT2D eigenvalue weighted by Gasteiger charge is -2.16. The summed E-state index contributed by atoms with van der Waals surface area (Å²) in [6, 6.07) is 16.1. The number of aromatic hydroxyl groups is 1. The van der Waals surface area contributed by atoms with E-state index in [1.54, 1.807) is 17.0 Å². The van der Waals surface area contributed by atoms with Crippen LogP contribution in [0.25, 0.3) is 0 Å². The van der Waals surface area contributed by atoms with Crippen molar-refractivity contribution >= 4 is 17.5 Å². The van der Waals surface area contributed by atoms with Gasteiger partial charge in [-0.1, -0.05) is 36.4 Å². The van der Waals surface area contributed by atoms with Crippen molar-refractivity contribution in [2.45, 2.75) is 13.0 Å². The molecule has 1 heterocycles. The minimum atomic E-state index is -0.367. The van der Waals surface area contributed by atoms with E-state index in [2.05, 4.69) is 5.32 Å². The standard InChI is InChI=1S/C18H18N2O3/c21-16-8-4-7-15(10-16)19-18(23)14-9-17(22)20(12-14)11-13-5-2-1-3-6-13/h1-8,10,14,21H,9,11-12H2,(H,19,23)/t14-/m0/s1. The Morgan fingerprint density at radius 1 is 1.17 bits per heavy atom. The van der Waals surface area contributed by atoms with Gasteiger partial charge in [0.2, 0.25) is 11.8 Å². The Labute approximate surface area is 134 Å². The fraction of sp³-hybridized carbons (Fsp3) is 0.222. The summed E-state index contributed by atoms with van der Waals surface area (Å²) in [6.07, 6.45) is 0.220. The normalized spacial score (nSPS) is 17.3. The first-order valence-electron chi connectivity index (χ1n) is 7.53. The minimum absolute atomic E-state index is 0.00934. The average molecular weight is 310 g/mol. The van der Waals surface area contributed by atoms with Gasteiger partial charge in [-0.2, -0.15) is 0 Å². The van der Waals surface area contributed by atoms with Gasteiger partial charge < -0.3 is 15.3 Å². The molecule has 0 aliphatic carbocycles. The summed E-state index contributed by atoms with van der Waals surface area (Å²) in [5, 5.41) is 12.2. The van der Waals surface area contributed by atoms with Gasteiger partial charge in [-0.25, -0.2) is 0 Å². The molecule has 1 aliphatic rings. The molecule has 5 heteroatoms. The predicted molar refractivity (Wildman–Crippen MR) is 86.7 cm³/mol. The lowest BCUT2D eigenvalue weighted by atomic mass is 10.1. The molecule has 2 aromatic rings. The number of hydrogen-bond donors (Lipinski definition) is 2. The smallest absolute Gasteiger partial charge is 0.229 e. The first-order chi connectivity index (χ1) is 11.1. The number of nitrogens with one attached hydrogen (secondary N) is 1. The number of rotatable bonds is 4. The Morgan fingerprint density at radius 3 is 2.70 bits per heavy atom. The second-order valence-corrected chi connectivity index (χ2v) is 5.70. The number of benzene rings is 2. The van der Waals surface area contributed by atoms with Crippen molar-refractivity contribution in [1.29, 1.82) is 0 Å². The van der Waals surface area contributed by atoms with Gasteiger partial charge in [0, 0.05) is 31.3 Å². The van der Waals surface area contributed by atoms with E-state index in [4.69, 9.17) is 0 Å². The molecule has 5 nitrogen and oxygen atoms in total. The molecular formula is C18H18N2O3. The van der Waals surface area contributed by atoms with E-state index < -0.39 is 0 Å². The molecule has 0 radical (unpaired) electrons. The zero-order chi connectivity index (χ0) is 16.2. The molecule has 0 spiro atoms. The quantitative estimate of drug-likeness (QED) is 0.911. The molecule has 0 saturated carbocycles. The summed E-state index contributed by atoms with van der Waals surface area (Å²) in [5.74, 6) is -0.478. The van der Waals surface area contributed by atoms with Crippen LogP contribution in [0, 0.1) is 5.92 Å². The number of carbonyl (C=O) groups excluding carboxylic acids is 2. The lowest BCUT2D eigenvalue weighted by molar-refractivity contribution is -0.128. The van der Waals surface area contributed by atoms with Crippen LogP contribution in [-0.2, 0) is 16.1 Å². The molecule has 0 bridgehead atoms. The first kappa shape index (κ1) is 15.1. The van der Waals surface area contributed by atoms with Crippen molar-refractivity contribution < 1.29 is 14.7 Å². The number of amides is 2. The fourth-order valence-electron chi connectivity index (χ4n) is 2.73. The molecule has 1 saturated heterocycles. The van der Waals surface area contributed by atoms with Crippen LogP contribution in [0.1, 0.15) is 12.0 Å². The third kappa shape index (κ3) is 3.69. The number of phenols is 1. The van der Waals surface area contributed by atoms with Gasteiger partial charge in [0.1, 0.15) is 5.75 Å². The summed E-state index contributed by atoms with van der Waals surface area (Å²) in [4.78, 5) is 26.1. The Balaban J connectivity index is 1.61. The number of anilines is 1. The van der Waals surface area contributed by atoms with E-state index in [9.17, 15) is 14.7 Å². The maximum atomic E-state index is 12.3. The Hall–Kier alpha value is -2.82. The second kappa shape index (κ2) is 6.52. The highest BCUT2D eigenvalue weighted by Gasteiger charge is 2.34. The second-order valence-electron chi connectivity index (χ2n) is 5.70. The van der Waals surface area contributed by atoms with Gasteiger partial charge in [-0.3, -0.25) is 9.59 Å². The molecule has 0 unspecified atom stereocenters. The van der Waals surface area contributed by atoms with Crippen LogP contribution in [0.4, 0.5) is 5.69 Å². The maximum absolute atomic E-state index is 12.3. The van der Waals surface area contributed by atoms with Crippen molar-refractivity contribution in [2.24, 2.45) is 5.92 Å². The van der Waals surface area contributed by atoms with E-state index in [1.807, 2.05) is 30.3 Å². The van der Waals surface area contributed by atoms with Crippen molar-refractivity contribution in [2.75, 3.05) is 11.9 Å². The SMILES string of the molecule is O=C(Nc1cccc(O)c1)[C@H]1CC(=O)N(Cc2ccccc2)C1. The predicted octanol–water partition coefficient (Wildman–Crippen LogP) is 2.38. The molecule has 2 N–H and O–H groups in total. The highest BCUT2D eigenvalue weighted by molar-refractivity contribution is 5.97. The topological polar surface area (TPSA) is 69.6 Å². The van der Waals surface area contributed by atoms with Crippen molar-refractivity contribution in [1.82, 2.24) is 4.90 Å². The van der Waals surface area contributed by atoms with E-state index in [0.717, 1.165) is 5.56 Å². The van der Waals surface area contributed by atoms with E-state index in [1.165, 1.54) is 12.1 Å². The lowest BCUT2D eigenvalue weighted by Crippen LogP contribution is -2.28. The molecule has 0 aromatic heterocycles. The average Bonchev–Trinajstić information content (AvgIpc) is 2.89. The highest BCUT2D eigenvalue weighted by atomic mass is 16.3. The van der Waals surface area contributed by atoms with Crippen LogP contribution in [0.2, 0.25) is 0 Å². The molecule has 118 valence electrons. The van der Waals surface area contributed by atoms with Crippen LogP contribution in [0.5, 0.6) is 5.75 Å². The third-order valence-electron chi connectivity index (χ3n) is 3.92. The van der Waals surface area contributed by atoms with Crippen LogP contribution < -0.4 is 5.32 Å². The third-order valence-corrected chi connectivity index (χ3v) is 3.92. The molecule has 3 rings (SSSR count). The van der Waals surface area contributed by atoms with Gasteiger partial charge >= 0.3 is 0 Å². The summed E-state index contributed by atoms with van der Waals surface area (Å²) < 4.78 is 0. The molecule has 1 fully saturated rings. The number of carbonyl (C=O) groups is 2. The summed E-state index contributed by atoms with van der Waals surface area (Å²) in [5.41, 5.74) is 1.58. The molecule has 1 aliphatic heterocycles. The van der Waals surface area contributed by atoms with Gasteiger partial charge in [0.05, 0.1) is 5.92 Å². The van der Waals surface area contributed by atoms with Crippen molar-refractivity contribution in [3.63, 3.8) is 0 Å². The molecule has 1 atom stereocenters. The maximum Gasteiger partial charge on any atom is 0.229 e. The summed E-state index contributed by atoms with van der Waals surface area (Å²) in [7, 11) is 0. The zero-order valence-electron chi connectivity index (χ0n) is 12.6. The van der Waals surface area contributed by atoms with Crippen LogP contribution in [0.15, 0.2) is 54.6 Å². The number of nitrogens with zero attached hydrogens (tertiary/aromatic N) is 1. The molecule has 2 aromatic carbocycles. The monoisotopic (exact) mass is 310 g/mol. The molecule has 23 heavy (non-hydrogen) atoms. The Morgan fingerprint density at radius 2 is 1.96 bits per heavy atom. The highest BCUT2D eigenvalue weighted by Crippen LogP contribution is 2.23. The summed E-state index contributed by atoms with van der Waals surface area (Å²) in [6.45, 7) is 0.938. The Kier molecular flexibility index (Phi) is 4.28. The van der Waals surface area contributed by atoms with Crippen LogP contribution >= 0.6 is 0 Å². The first-order valence-corrected chi connectivity index (χ1v) is 7.53. The largest absolute Gasteiger partial charge is 0.508 e. The van der Waals surface area contributed by atoms with E-state index in [0.29, 0.717) is 18.8 Å². The van der Waals surface area contributed by atoms with Crippen molar-refractivity contribution in [3.8, 4) is 5.75 Å². The summed E-state index contributed by atoms with van der Waals surface area (Å²) >= 11 is 0. The minimum Gasteiger partial charge on any atom is -0.508 e. The van der Waals surface area contributed by atoms with Crippen LogP contribution in [-0.4, -0.2) is 28.4 Å². The number of likely N-dealkylation sites (tertiary alicyclic amines) is 1. The van der Waals surface area contributed by atoms with Crippen LogP contribution in [0.3, 0.4) is 0 Å². The van der Waals surface area contributed by atoms with Gasteiger partial charge in [-0.15, -0.1) is 0 Å². The van der Waals surface area contributed by atoms with Gasteiger partial charge in [0.25, 0.3) is 0 Å². The fourth-order valence-corrected chi connectivity index (χ4v) is 2.73. The number of phenolic OH excluding ortho intramolecular Hbond substituents is 1. The molecule has 2 amide bonds. The van der Waals surface area contributed by atoms with Gasteiger partial charge in [-0.05, 0) is 17.7 Å².